The smallest absolute Gasteiger partial charge is 0.381 e. The molecule has 5 nitrogen and oxygen atoms in total. The maximum atomic E-state index is 10.1. The van der Waals surface area contributed by atoms with Crippen LogP contribution in [0.2, 0.25) is 0 Å². The number of hydrogen-bond donors (Lipinski definition) is 1. The number of carbonyl (C=O) groups is 1. The molecule has 52 valence electrons. The highest BCUT2D eigenvalue weighted by molar-refractivity contribution is 7.85. The van der Waals surface area contributed by atoms with Crippen molar-refractivity contribution in [3.05, 3.63) is 0 Å². The minimum Gasteiger partial charge on any atom is -0.381 e. The number of nitrogens with two attached hydrogens (primary N) is 1. The normalized spacial score (nSPS) is 10.9. The summed E-state index contributed by atoms with van der Waals surface area (Å²) in [6.45, 7) is 1.26. The molecule has 2 N–H and O–H groups in total. The van der Waals surface area contributed by atoms with Crippen LogP contribution in [0.15, 0.2) is 0 Å². The van der Waals surface area contributed by atoms with Crippen molar-refractivity contribution in [2.75, 3.05) is 0 Å². The molecule has 0 saturated heterocycles. The monoisotopic (exact) mass is 167 g/mol. The molecule has 0 aliphatic rings. The predicted octanol–water partition coefficient (Wildman–Crippen LogP) is -1.90. The molecule has 0 aromatic heterocycles. The molecule has 7 heteroatoms. The summed E-state index contributed by atoms with van der Waals surface area (Å²) in [6, 6.07) is 0. The zero-order chi connectivity index (χ0) is 7.49. The van der Waals surface area contributed by atoms with Gasteiger partial charge in [-0.2, -0.15) is 8.42 Å². The van der Waals surface area contributed by atoms with Gasteiger partial charge in [0.2, 0.25) is 0 Å². The van der Waals surface area contributed by atoms with E-state index >= 15 is 0 Å². The molecule has 0 atom stereocenters. The van der Waals surface area contributed by atoms with E-state index in [1.807, 2.05) is 0 Å². The third-order valence-electron chi connectivity index (χ3n) is 0.426. The SMILES string of the molecule is C[C](=O)[AlH][O]S(N)(=O)=O. The van der Waals surface area contributed by atoms with E-state index in [0.717, 1.165) is 0 Å². The van der Waals surface area contributed by atoms with Crippen LogP contribution in [-0.4, -0.2) is 28.6 Å². The lowest BCUT2D eigenvalue weighted by molar-refractivity contribution is -0.110. The Bertz CT molecular complexity index is 197. The van der Waals surface area contributed by atoms with Crippen molar-refractivity contribution in [3.63, 3.8) is 0 Å². The lowest BCUT2D eigenvalue weighted by atomic mass is 10.9. The summed E-state index contributed by atoms with van der Waals surface area (Å²) < 4.78 is 23.7. The van der Waals surface area contributed by atoms with Gasteiger partial charge in [0.25, 0.3) is 0 Å². The third kappa shape index (κ3) is 8.07. The molecule has 0 aromatic carbocycles. The molecule has 9 heavy (non-hydrogen) atoms. The van der Waals surface area contributed by atoms with E-state index in [-0.39, 0.29) is 4.65 Å². The molecule has 0 saturated carbocycles. The van der Waals surface area contributed by atoms with Crippen molar-refractivity contribution in [3.8, 4) is 0 Å². The highest BCUT2D eigenvalue weighted by Crippen LogP contribution is 1.77. The van der Waals surface area contributed by atoms with E-state index in [9.17, 15) is 13.2 Å². The average Bonchev–Trinajstić information content (AvgIpc) is 1.59. The van der Waals surface area contributed by atoms with Gasteiger partial charge < -0.3 is 8.03 Å². The van der Waals surface area contributed by atoms with E-state index in [1.165, 1.54) is 6.92 Å². The quantitative estimate of drug-likeness (QED) is 0.497. The van der Waals surface area contributed by atoms with Crippen LogP contribution in [0, 0.1) is 0 Å². The first-order valence-electron chi connectivity index (χ1n) is 2.08. The first-order chi connectivity index (χ1) is 3.92. The molecule has 0 spiro atoms. The Hall–Kier alpha value is 0.0725. The van der Waals surface area contributed by atoms with E-state index in [4.69, 9.17) is 0 Å². The summed E-state index contributed by atoms with van der Waals surface area (Å²) in [6.07, 6.45) is 0. The van der Waals surface area contributed by atoms with Crippen LogP contribution >= 0.6 is 0 Å². The summed E-state index contributed by atoms with van der Waals surface area (Å²) in [7, 11) is -3.88. The first-order valence-corrected chi connectivity index (χ1v) is 4.84. The first kappa shape index (κ1) is 9.07. The van der Waals surface area contributed by atoms with Crippen LogP contribution in [0.25, 0.3) is 0 Å². The van der Waals surface area contributed by atoms with Gasteiger partial charge in [-0.1, -0.05) is 0 Å². The highest BCUT2D eigenvalue weighted by Gasteiger charge is 2.08. The Kier molecular flexibility index (Phi) is 3.32. The molecule has 0 fully saturated rings. The molecular formula is C2H6AlNO4S. The zero-order valence-corrected chi connectivity index (χ0v) is 7.06. The van der Waals surface area contributed by atoms with Crippen molar-refractivity contribution in [1.29, 1.82) is 0 Å². The molecule has 0 amide bonds. The lowest BCUT2D eigenvalue weighted by Crippen LogP contribution is -2.21. The van der Waals surface area contributed by atoms with Crippen molar-refractivity contribution >= 4 is 30.5 Å². The fourth-order valence-electron chi connectivity index (χ4n) is 0.165. The molecule has 0 aliphatic heterocycles. The molecule has 0 aliphatic carbocycles. The van der Waals surface area contributed by atoms with Gasteiger partial charge in [-0.05, 0) is 6.92 Å². The molecular weight excluding hydrogens is 161 g/mol. The maximum Gasteiger partial charge on any atom is 0.549 e. The number of carbonyl (C=O) groups excluding carboxylic acids is 1. The Morgan fingerprint density at radius 3 is 2.22 bits per heavy atom. The van der Waals surface area contributed by atoms with Crippen LogP contribution in [0.4, 0.5) is 0 Å². The van der Waals surface area contributed by atoms with Crippen LogP contribution in [-0.2, 0) is 18.3 Å². The Labute approximate surface area is 59.5 Å². The Balaban J connectivity index is 3.67. The largest absolute Gasteiger partial charge is 0.549 e. The van der Waals surface area contributed by atoms with Crippen molar-refractivity contribution in [2.45, 2.75) is 6.92 Å². The van der Waals surface area contributed by atoms with E-state index in [0.29, 0.717) is 0 Å². The van der Waals surface area contributed by atoms with Crippen LogP contribution in [0.3, 0.4) is 0 Å². The highest BCUT2D eigenvalue weighted by atomic mass is 32.2. The maximum absolute atomic E-state index is 10.1. The van der Waals surface area contributed by atoms with Gasteiger partial charge in [-0.15, -0.1) is 0 Å². The van der Waals surface area contributed by atoms with Crippen LogP contribution in [0.1, 0.15) is 6.92 Å². The minimum atomic E-state index is -3.88. The molecule has 0 bridgehead atoms. The summed E-state index contributed by atoms with van der Waals surface area (Å²) in [4.78, 5) is 10.1. The number of hydrogen-bond acceptors (Lipinski definition) is 4. The molecule has 0 heterocycles. The Morgan fingerprint density at radius 2 is 2.11 bits per heavy atom. The lowest BCUT2D eigenvalue weighted by Gasteiger charge is -1.92. The summed E-state index contributed by atoms with van der Waals surface area (Å²) in [5, 5.41) is 4.42. The average molecular weight is 167 g/mol. The van der Waals surface area contributed by atoms with Gasteiger partial charge in [0.05, 0.1) is 4.65 Å². The van der Waals surface area contributed by atoms with E-state index in [2.05, 4.69) is 8.37 Å². The standard InChI is InChI=1S/C2H3O.Al.H3NO3S.H/c1-2-3;;1-5(2,3)4;/h1H3;;(H3,1,2,3,4);/q;+1;;/p-1. The van der Waals surface area contributed by atoms with Gasteiger partial charge in [0.1, 0.15) is 0 Å². The van der Waals surface area contributed by atoms with Gasteiger partial charge in [-0.25, -0.2) is 5.14 Å². The van der Waals surface area contributed by atoms with Crippen LogP contribution < -0.4 is 5.14 Å². The molecule has 0 unspecified atom stereocenters. The van der Waals surface area contributed by atoms with Gasteiger partial charge >= 0.3 is 25.9 Å². The second-order valence-corrected chi connectivity index (χ2v) is 4.67. The fourth-order valence-corrected chi connectivity index (χ4v) is 1.49. The second-order valence-electron chi connectivity index (χ2n) is 1.46. The topological polar surface area (TPSA) is 86.5 Å². The minimum absolute atomic E-state index is 0.246. The zero-order valence-electron chi connectivity index (χ0n) is 4.83. The van der Waals surface area contributed by atoms with Crippen molar-refractivity contribution in [1.82, 2.24) is 0 Å². The van der Waals surface area contributed by atoms with Crippen molar-refractivity contribution in [2.24, 2.45) is 5.14 Å². The summed E-state index contributed by atoms with van der Waals surface area (Å²) in [5.74, 6) is 0. The third-order valence-corrected chi connectivity index (χ3v) is 2.62. The second kappa shape index (κ2) is 3.29. The summed E-state index contributed by atoms with van der Waals surface area (Å²) >= 11 is -1.61. The summed E-state index contributed by atoms with van der Waals surface area (Å²) in [5.41, 5.74) is 0. The molecule has 0 radical (unpaired) electrons. The molecule has 0 aromatic rings. The predicted molar refractivity (Wildman–Crippen MR) is 32.0 cm³/mol. The van der Waals surface area contributed by atoms with Gasteiger partial charge in [0, 0.05) is 0 Å². The van der Waals surface area contributed by atoms with E-state index < -0.39 is 25.9 Å². The Morgan fingerprint density at radius 1 is 1.67 bits per heavy atom. The number of rotatable bonds is 3. The fraction of sp³-hybridized carbons (Fsp3) is 0.500. The van der Waals surface area contributed by atoms with Gasteiger partial charge in [-0.3, -0.25) is 0 Å². The van der Waals surface area contributed by atoms with E-state index in [1.54, 1.807) is 0 Å². The van der Waals surface area contributed by atoms with Crippen LogP contribution in [0.5, 0.6) is 0 Å². The molecule has 0 rings (SSSR count). The van der Waals surface area contributed by atoms with Gasteiger partial charge in [0.15, 0.2) is 0 Å². The van der Waals surface area contributed by atoms with Crippen molar-refractivity contribution < 1.29 is 16.4 Å².